The van der Waals surface area contributed by atoms with Gasteiger partial charge in [-0.3, -0.25) is 0 Å². The van der Waals surface area contributed by atoms with Gasteiger partial charge in [0.25, 0.3) is 0 Å². The zero-order chi connectivity index (χ0) is 11.7. The summed E-state index contributed by atoms with van der Waals surface area (Å²) in [4.78, 5) is 25.7. The van der Waals surface area contributed by atoms with Crippen molar-refractivity contribution in [1.29, 1.82) is 0 Å². The number of aliphatic hydroxyl groups is 1. The second-order valence-corrected chi connectivity index (χ2v) is 7.06. The third-order valence-electron chi connectivity index (χ3n) is 2.74. The molecule has 0 aromatic carbocycles. The summed E-state index contributed by atoms with van der Waals surface area (Å²) in [5.74, 6) is 0. The van der Waals surface area contributed by atoms with E-state index >= 15 is 0 Å². The molecule has 1 aromatic heterocycles. The molecule has 1 saturated heterocycles. The number of aliphatic hydroxyl groups excluding tert-OH is 1. The van der Waals surface area contributed by atoms with E-state index < -0.39 is 0 Å². The van der Waals surface area contributed by atoms with E-state index in [2.05, 4.69) is 4.98 Å². The van der Waals surface area contributed by atoms with Crippen molar-refractivity contribution in [3.8, 4) is 0 Å². The van der Waals surface area contributed by atoms with Gasteiger partial charge in [0.15, 0.2) is 0 Å². The monoisotopic (exact) mass is 290 g/mol. The fourth-order valence-electron chi connectivity index (χ4n) is 1.83. The molecule has 1 aliphatic heterocycles. The first-order chi connectivity index (χ1) is 7.61. The van der Waals surface area contributed by atoms with Gasteiger partial charge >= 0.3 is 98.3 Å². The van der Waals surface area contributed by atoms with E-state index in [0.29, 0.717) is 10.4 Å². The van der Waals surface area contributed by atoms with E-state index in [0.717, 1.165) is 12.8 Å². The molecule has 0 aliphatic carbocycles. The summed E-state index contributed by atoms with van der Waals surface area (Å²) < 4.78 is 1.62. The number of nitrogens with one attached hydrogen (secondary N) is 1. The van der Waals surface area contributed by atoms with Gasteiger partial charge in [0.1, 0.15) is 0 Å². The van der Waals surface area contributed by atoms with Crippen LogP contribution < -0.4 is 11.2 Å². The second kappa shape index (κ2) is 4.57. The molecule has 0 spiro atoms. The molecule has 1 aromatic rings. The maximum absolute atomic E-state index is 11.6. The minimum absolute atomic E-state index is 0.174. The van der Waals surface area contributed by atoms with Gasteiger partial charge in [-0.1, -0.05) is 0 Å². The Labute approximate surface area is 98.7 Å². The van der Waals surface area contributed by atoms with Gasteiger partial charge in [-0.15, -0.1) is 0 Å². The predicted molar refractivity (Wildman–Crippen MR) is 60.9 cm³/mol. The molecule has 2 atom stereocenters. The van der Waals surface area contributed by atoms with E-state index in [-0.39, 0.29) is 37.8 Å². The third-order valence-corrected chi connectivity index (χ3v) is 5.99. The average Bonchev–Trinajstić information content (AvgIpc) is 2.71. The normalized spacial score (nSPS) is 24.9. The summed E-state index contributed by atoms with van der Waals surface area (Å²) in [7, 11) is 0. The van der Waals surface area contributed by atoms with E-state index in [1.165, 1.54) is 0 Å². The van der Waals surface area contributed by atoms with Crippen LogP contribution in [0.1, 0.15) is 23.3 Å². The van der Waals surface area contributed by atoms with Crippen LogP contribution in [0.4, 0.5) is 0 Å². The van der Waals surface area contributed by atoms with Gasteiger partial charge in [-0.2, -0.15) is 0 Å². The summed E-state index contributed by atoms with van der Waals surface area (Å²) in [6.07, 6.45) is 3.51. The summed E-state index contributed by atoms with van der Waals surface area (Å²) >= 11 is 0.225. The molecule has 0 radical (unpaired) electrons. The van der Waals surface area contributed by atoms with E-state index in [1.54, 1.807) is 17.7 Å². The van der Waals surface area contributed by atoms with E-state index in [9.17, 15) is 9.59 Å². The summed E-state index contributed by atoms with van der Waals surface area (Å²) in [6, 6.07) is 0. The Morgan fingerprint density at radius 3 is 2.94 bits per heavy atom. The Balaban J connectivity index is 2.32. The number of rotatable bonds is 2. The van der Waals surface area contributed by atoms with Crippen LogP contribution in [0.15, 0.2) is 15.8 Å². The van der Waals surface area contributed by atoms with Crippen LogP contribution in [0.25, 0.3) is 0 Å². The van der Waals surface area contributed by atoms with Crippen LogP contribution >= 0.6 is 0 Å². The fourth-order valence-corrected chi connectivity index (χ4v) is 4.68. The van der Waals surface area contributed by atoms with Gasteiger partial charge in [-0.05, 0) is 0 Å². The van der Waals surface area contributed by atoms with Gasteiger partial charge in [0.2, 0.25) is 0 Å². The second-order valence-electron chi connectivity index (χ2n) is 3.95. The van der Waals surface area contributed by atoms with Crippen molar-refractivity contribution < 1.29 is 5.11 Å². The van der Waals surface area contributed by atoms with Crippen LogP contribution in [0, 0.1) is 6.92 Å². The molecule has 0 amide bonds. The van der Waals surface area contributed by atoms with Crippen LogP contribution in [-0.2, 0) is 0 Å². The van der Waals surface area contributed by atoms with Crippen LogP contribution in [-0.4, -0.2) is 36.2 Å². The zero-order valence-electron chi connectivity index (χ0n) is 8.97. The zero-order valence-corrected chi connectivity index (χ0v) is 10.7. The third kappa shape index (κ3) is 2.14. The quantitative estimate of drug-likeness (QED) is 0.729. The van der Waals surface area contributed by atoms with Crippen molar-refractivity contribution in [3.63, 3.8) is 0 Å². The van der Waals surface area contributed by atoms with Gasteiger partial charge < -0.3 is 0 Å². The molecule has 2 N–H and O–H groups in total. The van der Waals surface area contributed by atoms with Crippen molar-refractivity contribution in [2.45, 2.75) is 29.5 Å². The molecule has 0 unspecified atom stereocenters. The molecule has 0 saturated carbocycles. The molecule has 5 nitrogen and oxygen atoms in total. The summed E-state index contributed by atoms with van der Waals surface area (Å²) in [5, 5.41) is 9.07. The minimum atomic E-state index is -0.332. The van der Waals surface area contributed by atoms with Crippen molar-refractivity contribution in [2.75, 3.05) is 6.61 Å². The van der Waals surface area contributed by atoms with Crippen LogP contribution in [0.2, 0.25) is 4.82 Å². The molecule has 88 valence electrons. The standard InChI is InChI=1S/C10H14N2O3Se/c1-6-4-12(10(15)11-9(6)14)8-3-2-7(5-13)16-8/h4,7-8,13H,2-3,5H2,1H3,(H,11,14,15)/t7-,8+/m0/s1. The molecular weight excluding hydrogens is 275 g/mol. The molecule has 2 rings (SSSR count). The molecule has 1 aliphatic rings. The van der Waals surface area contributed by atoms with E-state index in [1.807, 2.05) is 0 Å². The first kappa shape index (κ1) is 11.6. The molecule has 2 heterocycles. The molecule has 0 bridgehead atoms. The van der Waals surface area contributed by atoms with E-state index in [4.69, 9.17) is 5.11 Å². The number of H-pyrrole nitrogens is 1. The summed E-state index contributed by atoms with van der Waals surface area (Å²) in [6.45, 7) is 1.90. The van der Waals surface area contributed by atoms with Gasteiger partial charge in [0.05, 0.1) is 0 Å². The molecule has 1 fully saturated rings. The topological polar surface area (TPSA) is 75.1 Å². The molecular formula is C10H14N2O3Se. The predicted octanol–water partition coefficient (Wildman–Crippen LogP) is -0.378. The Hall–Kier alpha value is -0.841. The first-order valence-electron chi connectivity index (χ1n) is 5.20. The SMILES string of the molecule is Cc1cn([C@H]2CC[C@@H](CO)[Se]2)c(=O)[nH]c1=O. The van der Waals surface area contributed by atoms with Crippen molar-refractivity contribution in [1.82, 2.24) is 9.55 Å². The van der Waals surface area contributed by atoms with Crippen LogP contribution in [0.3, 0.4) is 0 Å². The van der Waals surface area contributed by atoms with Crippen molar-refractivity contribution >= 4 is 15.0 Å². The van der Waals surface area contributed by atoms with Gasteiger partial charge in [0, 0.05) is 0 Å². The average molecular weight is 289 g/mol. The number of aromatic amines is 1. The molecule has 16 heavy (non-hydrogen) atoms. The van der Waals surface area contributed by atoms with Crippen molar-refractivity contribution in [2.24, 2.45) is 0 Å². The Bertz CT molecular complexity index is 494. The number of aryl methyl sites for hydroxylation is 1. The van der Waals surface area contributed by atoms with Crippen molar-refractivity contribution in [3.05, 3.63) is 32.6 Å². The fraction of sp³-hybridized carbons (Fsp3) is 0.600. The van der Waals surface area contributed by atoms with Crippen LogP contribution in [0.5, 0.6) is 0 Å². The number of aromatic nitrogens is 2. The Kier molecular flexibility index (Phi) is 3.33. The number of hydrogen-bond donors (Lipinski definition) is 2. The number of nitrogens with zero attached hydrogens (tertiary/aromatic N) is 1. The Morgan fingerprint density at radius 1 is 1.56 bits per heavy atom. The molecule has 6 heteroatoms. The maximum atomic E-state index is 11.6. The first-order valence-corrected chi connectivity index (χ1v) is 7.18. The summed E-state index contributed by atoms with van der Waals surface area (Å²) in [5.41, 5.74) is -0.0885. The Morgan fingerprint density at radius 2 is 2.31 bits per heavy atom. The number of hydrogen-bond acceptors (Lipinski definition) is 3. The van der Waals surface area contributed by atoms with Gasteiger partial charge in [-0.25, -0.2) is 0 Å².